The molecule has 94 valence electrons. The summed E-state index contributed by atoms with van der Waals surface area (Å²) in [6.45, 7) is 5.62. The Kier molecular flexibility index (Phi) is 7.28. The molecule has 16 heavy (non-hydrogen) atoms. The highest BCUT2D eigenvalue weighted by Crippen LogP contribution is 2.02. The third-order valence-corrected chi connectivity index (χ3v) is 1.91. The van der Waals surface area contributed by atoms with Crippen molar-refractivity contribution in [2.75, 3.05) is 19.8 Å². The average molecular weight is 232 g/mol. The van der Waals surface area contributed by atoms with Crippen LogP contribution in [0.4, 0.5) is 4.79 Å². The summed E-state index contributed by atoms with van der Waals surface area (Å²) >= 11 is 0. The lowest BCUT2D eigenvalue weighted by molar-refractivity contribution is -0.124. The summed E-state index contributed by atoms with van der Waals surface area (Å²) in [5.41, 5.74) is 0. The van der Waals surface area contributed by atoms with Gasteiger partial charge in [0.05, 0.1) is 13.2 Å². The largest absolute Gasteiger partial charge is 0.450 e. The van der Waals surface area contributed by atoms with E-state index in [0.29, 0.717) is 0 Å². The van der Waals surface area contributed by atoms with Crippen molar-refractivity contribution in [3.8, 4) is 0 Å². The van der Waals surface area contributed by atoms with Crippen molar-refractivity contribution < 1.29 is 19.4 Å². The van der Waals surface area contributed by atoms with E-state index in [1.165, 1.54) is 0 Å². The third-order valence-electron chi connectivity index (χ3n) is 1.91. The SMILES string of the molecule is CCOC(=O)NC(C(=O)NCCO)C(C)C. The van der Waals surface area contributed by atoms with Gasteiger partial charge in [0, 0.05) is 6.54 Å². The number of alkyl carbamates (subject to hydrolysis) is 1. The summed E-state index contributed by atoms with van der Waals surface area (Å²) in [4.78, 5) is 22.8. The van der Waals surface area contributed by atoms with Crippen molar-refractivity contribution in [1.29, 1.82) is 0 Å². The molecule has 0 saturated heterocycles. The van der Waals surface area contributed by atoms with Crippen molar-refractivity contribution >= 4 is 12.0 Å². The van der Waals surface area contributed by atoms with Crippen LogP contribution in [0.25, 0.3) is 0 Å². The minimum absolute atomic E-state index is 0.0527. The molecule has 0 spiro atoms. The molecular formula is C10H20N2O4. The minimum Gasteiger partial charge on any atom is -0.450 e. The highest BCUT2D eigenvalue weighted by Gasteiger charge is 2.24. The highest BCUT2D eigenvalue weighted by molar-refractivity contribution is 5.85. The van der Waals surface area contributed by atoms with Crippen LogP contribution in [-0.2, 0) is 9.53 Å². The predicted octanol–water partition coefficient (Wildman–Crippen LogP) is -0.134. The maximum Gasteiger partial charge on any atom is 0.407 e. The third kappa shape index (κ3) is 5.55. The second-order valence-corrected chi connectivity index (χ2v) is 3.60. The van der Waals surface area contributed by atoms with Gasteiger partial charge in [0.2, 0.25) is 5.91 Å². The average Bonchev–Trinajstić information content (AvgIpc) is 2.22. The van der Waals surface area contributed by atoms with Gasteiger partial charge >= 0.3 is 6.09 Å². The molecule has 6 nitrogen and oxygen atoms in total. The van der Waals surface area contributed by atoms with E-state index < -0.39 is 12.1 Å². The minimum atomic E-state index is -0.648. The van der Waals surface area contributed by atoms with Crippen molar-refractivity contribution in [2.45, 2.75) is 26.8 Å². The monoisotopic (exact) mass is 232 g/mol. The lowest BCUT2D eigenvalue weighted by Crippen LogP contribution is -2.50. The number of hydrogen-bond donors (Lipinski definition) is 3. The van der Waals surface area contributed by atoms with E-state index in [9.17, 15) is 9.59 Å². The number of aliphatic hydroxyl groups excluding tert-OH is 1. The number of ether oxygens (including phenoxy) is 1. The van der Waals surface area contributed by atoms with Gasteiger partial charge in [-0.3, -0.25) is 4.79 Å². The van der Waals surface area contributed by atoms with Gasteiger partial charge in [0.1, 0.15) is 6.04 Å². The number of nitrogens with one attached hydrogen (secondary N) is 2. The zero-order valence-electron chi connectivity index (χ0n) is 9.95. The molecule has 2 amide bonds. The first-order chi connectivity index (χ1) is 7.52. The van der Waals surface area contributed by atoms with Crippen LogP contribution in [0.2, 0.25) is 0 Å². The van der Waals surface area contributed by atoms with Gasteiger partial charge in [-0.15, -0.1) is 0 Å². The quantitative estimate of drug-likeness (QED) is 0.595. The Morgan fingerprint density at radius 2 is 2.00 bits per heavy atom. The van der Waals surface area contributed by atoms with Crippen molar-refractivity contribution in [1.82, 2.24) is 10.6 Å². The number of rotatable bonds is 6. The molecule has 0 saturated carbocycles. The van der Waals surface area contributed by atoms with Crippen LogP contribution in [0.1, 0.15) is 20.8 Å². The summed E-state index contributed by atoms with van der Waals surface area (Å²) in [7, 11) is 0. The summed E-state index contributed by atoms with van der Waals surface area (Å²) in [6.07, 6.45) is -0.611. The van der Waals surface area contributed by atoms with Gasteiger partial charge in [-0.05, 0) is 12.8 Å². The summed E-state index contributed by atoms with van der Waals surface area (Å²) < 4.78 is 4.70. The maximum atomic E-state index is 11.6. The Labute approximate surface area is 95.4 Å². The van der Waals surface area contributed by atoms with Gasteiger partial charge in [-0.2, -0.15) is 0 Å². The molecule has 0 aliphatic rings. The highest BCUT2D eigenvalue weighted by atomic mass is 16.5. The van der Waals surface area contributed by atoms with E-state index in [2.05, 4.69) is 10.6 Å². The normalized spacial score (nSPS) is 12.1. The molecule has 1 unspecified atom stereocenters. The van der Waals surface area contributed by atoms with Gasteiger partial charge < -0.3 is 20.5 Å². The van der Waals surface area contributed by atoms with Crippen molar-refractivity contribution in [3.05, 3.63) is 0 Å². The molecule has 0 radical (unpaired) electrons. The molecule has 6 heteroatoms. The first-order valence-electron chi connectivity index (χ1n) is 5.34. The Morgan fingerprint density at radius 1 is 1.38 bits per heavy atom. The second kappa shape index (κ2) is 7.92. The lowest BCUT2D eigenvalue weighted by atomic mass is 10.0. The van der Waals surface area contributed by atoms with Crippen LogP contribution >= 0.6 is 0 Å². The molecule has 0 heterocycles. The topological polar surface area (TPSA) is 87.7 Å². The van der Waals surface area contributed by atoms with E-state index >= 15 is 0 Å². The van der Waals surface area contributed by atoms with Gasteiger partial charge in [-0.1, -0.05) is 13.8 Å². The molecule has 0 fully saturated rings. The van der Waals surface area contributed by atoms with E-state index in [4.69, 9.17) is 9.84 Å². The fourth-order valence-electron chi connectivity index (χ4n) is 1.12. The van der Waals surface area contributed by atoms with Gasteiger partial charge in [0.15, 0.2) is 0 Å². The summed E-state index contributed by atoms with van der Waals surface area (Å²) in [6, 6.07) is -0.648. The van der Waals surface area contributed by atoms with Gasteiger partial charge in [-0.25, -0.2) is 4.79 Å². The Bertz CT molecular complexity index is 231. The number of carbonyl (C=O) groups is 2. The fraction of sp³-hybridized carbons (Fsp3) is 0.800. The first kappa shape index (κ1) is 14.7. The van der Waals surface area contributed by atoms with E-state index in [0.717, 1.165) is 0 Å². The van der Waals surface area contributed by atoms with E-state index in [1.807, 2.05) is 13.8 Å². The molecule has 3 N–H and O–H groups in total. The molecule has 1 atom stereocenters. The number of amides is 2. The Balaban J connectivity index is 4.26. The zero-order chi connectivity index (χ0) is 12.6. The molecule has 0 aromatic rings. The molecular weight excluding hydrogens is 212 g/mol. The van der Waals surface area contributed by atoms with E-state index in [-0.39, 0.29) is 31.6 Å². The van der Waals surface area contributed by atoms with Crippen molar-refractivity contribution in [3.63, 3.8) is 0 Å². The van der Waals surface area contributed by atoms with E-state index in [1.54, 1.807) is 6.92 Å². The number of carbonyl (C=O) groups excluding carboxylic acids is 2. The molecule has 0 bridgehead atoms. The van der Waals surface area contributed by atoms with Gasteiger partial charge in [0.25, 0.3) is 0 Å². The van der Waals surface area contributed by atoms with Crippen LogP contribution in [0.3, 0.4) is 0 Å². The zero-order valence-corrected chi connectivity index (χ0v) is 9.95. The lowest BCUT2D eigenvalue weighted by Gasteiger charge is -2.20. The van der Waals surface area contributed by atoms with Crippen LogP contribution in [0.5, 0.6) is 0 Å². The number of aliphatic hydroxyl groups is 1. The van der Waals surface area contributed by atoms with Crippen molar-refractivity contribution in [2.24, 2.45) is 5.92 Å². The molecule has 0 aliphatic heterocycles. The van der Waals surface area contributed by atoms with Crippen LogP contribution < -0.4 is 10.6 Å². The standard InChI is InChI=1S/C10H20N2O4/c1-4-16-10(15)12-8(7(2)3)9(14)11-5-6-13/h7-8,13H,4-6H2,1-3H3,(H,11,14)(H,12,15). The maximum absolute atomic E-state index is 11.6. The number of hydrogen-bond acceptors (Lipinski definition) is 4. The second-order valence-electron chi connectivity index (χ2n) is 3.60. The summed E-state index contributed by atoms with van der Waals surface area (Å²) in [5.74, 6) is -0.375. The molecule has 0 aromatic carbocycles. The summed E-state index contributed by atoms with van der Waals surface area (Å²) in [5, 5.41) is 13.5. The smallest absolute Gasteiger partial charge is 0.407 e. The van der Waals surface area contributed by atoms with Crippen LogP contribution in [0, 0.1) is 5.92 Å². The Hall–Kier alpha value is -1.30. The van der Waals surface area contributed by atoms with Crippen LogP contribution in [-0.4, -0.2) is 42.9 Å². The van der Waals surface area contributed by atoms with Crippen LogP contribution in [0.15, 0.2) is 0 Å². The predicted molar refractivity (Wildman–Crippen MR) is 58.9 cm³/mol. The Morgan fingerprint density at radius 3 is 2.44 bits per heavy atom. The molecule has 0 aliphatic carbocycles. The molecule has 0 aromatic heterocycles. The first-order valence-corrected chi connectivity index (χ1v) is 5.34. The fourth-order valence-corrected chi connectivity index (χ4v) is 1.12. The molecule has 0 rings (SSSR count).